The molecule has 0 heterocycles. The van der Waals surface area contributed by atoms with Crippen molar-refractivity contribution in [2.24, 2.45) is 5.73 Å². The molecule has 22 heavy (non-hydrogen) atoms. The molecule has 1 saturated carbocycles. The average Bonchev–Trinajstić information content (AvgIpc) is 2.62. The Labute approximate surface area is 133 Å². The molecule has 0 aliphatic heterocycles. The zero-order valence-corrected chi connectivity index (χ0v) is 13.1. The van der Waals surface area contributed by atoms with Crippen LogP contribution in [0.4, 0.5) is 0 Å². The zero-order valence-electron chi connectivity index (χ0n) is 13.1. The van der Waals surface area contributed by atoms with Gasteiger partial charge in [0.15, 0.2) is 0 Å². The van der Waals surface area contributed by atoms with E-state index in [0.717, 1.165) is 32.2 Å². The fourth-order valence-corrected chi connectivity index (χ4v) is 3.50. The normalized spacial score (nSPS) is 25.0. The summed E-state index contributed by atoms with van der Waals surface area (Å²) in [6, 6.07) is 21.2. The van der Waals surface area contributed by atoms with Gasteiger partial charge in [-0.1, -0.05) is 60.7 Å². The summed E-state index contributed by atoms with van der Waals surface area (Å²) >= 11 is 0. The van der Waals surface area contributed by atoms with Crippen molar-refractivity contribution in [3.63, 3.8) is 0 Å². The minimum absolute atomic E-state index is 0.147. The molecule has 2 heteroatoms. The predicted octanol–water partition coefficient (Wildman–Crippen LogP) is 4.04. The van der Waals surface area contributed by atoms with Crippen LogP contribution < -0.4 is 5.73 Å². The summed E-state index contributed by atoms with van der Waals surface area (Å²) < 4.78 is 6.10. The van der Waals surface area contributed by atoms with Crippen LogP contribution in [0, 0.1) is 0 Å². The largest absolute Gasteiger partial charge is 0.374 e. The second-order valence-electron chi connectivity index (χ2n) is 6.35. The van der Waals surface area contributed by atoms with Gasteiger partial charge in [-0.25, -0.2) is 0 Å². The molecule has 0 unspecified atom stereocenters. The van der Waals surface area contributed by atoms with Crippen molar-refractivity contribution in [2.45, 2.75) is 43.8 Å². The predicted molar refractivity (Wildman–Crippen MR) is 90.7 cm³/mol. The van der Waals surface area contributed by atoms with Gasteiger partial charge in [-0.3, -0.25) is 0 Å². The molecule has 1 aliphatic rings. The van der Waals surface area contributed by atoms with Gasteiger partial charge >= 0.3 is 0 Å². The highest BCUT2D eigenvalue weighted by Gasteiger charge is 2.35. The molecule has 0 spiro atoms. The maximum Gasteiger partial charge on any atom is 0.0720 e. The monoisotopic (exact) mass is 295 g/mol. The summed E-state index contributed by atoms with van der Waals surface area (Å²) in [5, 5.41) is 0. The minimum atomic E-state index is 0.147. The summed E-state index contributed by atoms with van der Waals surface area (Å²) in [7, 11) is 0. The van der Waals surface area contributed by atoms with Crippen molar-refractivity contribution in [3.05, 3.63) is 71.8 Å². The van der Waals surface area contributed by atoms with E-state index in [4.69, 9.17) is 10.5 Å². The molecule has 0 saturated heterocycles. The standard InChI is InChI=1S/C20H25NO/c21-16-20(18-9-5-2-6-10-18)13-11-19(12-14-20)22-15-17-7-3-1-4-8-17/h1-10,19H,11-16,21H2. The van der Waals surface area contributed by atoms with E-state index in [2.05, 4.69) is 54.6 Å². The first-order valence-corrected chi connectivity index (χ1v) is 8.23. The Balaban J connectivity index is 1.57. The first kappa shape index (κ1) is 15.3. The van der Waals surface area contributed by atoms with Gasteiger partial charge in [-0.2, -0.15) is 0 Å². The number of benzene rings is 2. The number of hydrogen-bond donors (Lipinski definition) is 1. The lowest BCUT2D eigenvalue weighted by atomic mass is 9.69. The molecule has 0 amide bonds. The highest BCUT2D eigenvalue weighted by molar-refractivity contribution is 5.26. The Kier molecular flexibility index (Phi) is 4.91. The van der Waals surface area contributed by atoms with Crippen LogP contribution in [0.25, 0.3) is 0 Å². The average molecular weight is 295 g/mol. The van der Waals surface area contributed by atoms with Crippen LogP contribution in [0.2, 0.25) is 0 Å². The number of rotatable bonds is 5. The first-order valence-electron chi connectivity index (χ1n) is 8.23. The van der Waals surface area contributed by atoms with E-state index in [-0.39, 0.29) is 5.41 Å². The van der Waals surface area contributed by atoms with Crippen molar-refractivity contribution in [1.29, 1.82) is 0 Å². The Hall–Kier alpha value is -1.64. The van der Waals surface area contributed by atoms with Crippen LogP contribution in [0.1, 0.15) is 36.8 Å². The molecule has 0 bridgehead atoms. The SMILES string of the molecule is NCC1(c2ccccc2)CCC(OCc2ccccc2)CC1. The van der Waals surface area contributed by atoms with E-state index in [9.17, 15) is 0 Å². The third kappa shape index (κ3) is 3.40. The molecule has 3 rings (SSSR count). The smallest absolute Gasteiger partial charge is 0.0720 e. The molecule has 2 aromatic carbocycles. The van der Waals surface area contributed by atoms with Crippen molar-refractivity contribution < 1.29 is 4.74 Å². The van der Waals surface area contributed by atoms with Crippen molar-refractivity contribution in [1.82, 2.24) is 0 Å². The summed E-state index contributed by atoms with van der Waals surface area (Å²) in [5.74, 6) is 0. The Bertz CT molecular complexity index is 559. The van der Waals surface area contributed by atoms with Gasteiger partial charge < -0.3 is 10.5 Å². The van der Waals surface area contributed by atoms with Gasteiger partial charge in [0.05, 0.1) is 12.7 Å². The Morgan fingerprint density at radius 3 is 2.09 bits per heavy atom. The van der Waals surface area contributed by atoms with Gasteiger partial charge in [-0.05, 0) is 36.8 Å². The van der Waals surface area contributed by atoms with Crippen LogP contribution in [0.3, 0.4) is 0 Å². The van der Waals surface area contributed by atoms with Gasteiger partial charge in [0.2, 0.25) is 0 Å². The van der Waals surface area contributed by atoms with Crippen LogP contribution in [0.15, 0.2) is 60.7 Å². The highest BCUT2D eigenvalue weighted by Crippen LogP contribution is 2.39. The van der Waals surface area contributed by atoms with Gasteiger partial charge in [0.1, 0.15) is 0 Å². The Morgan fingerprint density at radius 1 is 0.909 bits per heavy atom. The lowest BCUT2D eigenvalue weighted by Crippen LogP contribution is -2.40. The summed E-state index contributed by atoms with van der Waals surface area (Å²) in [6.45, 7) is 1.44. The molecule has 1 aliphatic carbocycles. The summed E-state index contributed by atoms with van der Waals surface area (Å²) in [6.07, 6.45) is 4.79. The van der Waals surface area contributed by atoms with E-state index in [0.29, 0.717) is 12.7 Å². The Morgan fingerprint density at radius 2 is 1.50 bits per heavy atom. The van der Waals surface area contributed by atoms with E-state index >= 15 is 0 Å². The molecule has 2 N–H and O–H groups in total. The summed E-state index contributed by atoms with van der Waals surface area (Å²) in [4.78, 5) is 0. The van der Waals surface area contributed by atoms with Crippen LogP contribution >= 0.6 is 0 Å². The number of ether oxygens (including phenoxy) is 1. The summed E-state index contributed by atoms with van der Waals surface area (Å²) in [5.41, 5.74) is 8.93. The van der Waals surface area contributed by atoms with Gasteiger partial charge in [-0.15, -0.1) is 0 Å². The molecule has 2 aromatic rings. The maximum atomic E-state index is 6.14. The van der Waals surface area contributed by atoms with E-state index in [1.807, 2.05) is 6.07 Å². The molecule has 0 atom stereocenters. The fourth-order valence-electron chi connectivity index (χ4n) is 3.50. The van der Waals surface area contributed by atoms with Gasteiger partial charge in [0.25, 0.3) is 0 Å². The molecule has 116 valence electrons. The minimum Gasteiger partial charge on any atom is -0.374 e. The van der Waals surface area contributed by atoms with Crippen LogP contribution in [-0.4, -0.2) is 12.6 Å². The highest BCUT2D eigenvalue weighted by atomic mass is 16.5. The molecule has 0 aromatic heterocycles. The van der Waals surface area contributed by atoms with E-state index in [1.54, 1.807) is 0 Å². The second-order valence-corrected chi connectivity index (χ2v) is 6.35. The third-order valence-electron chi connectivity index (χ3n) is 5.00. The second kappa shape index (κ2) is 7.08. The third-order valence-corrected chi connectivity index (χ3v) is 5.00. The molecule has 0 radical (unpaired) electrons. The van der Waals surface area contributed by atoms with E-state index in [1.165, 1.54) is 11.1 Å². The zero-order chi connectivity index (χ0) is 15.3. The lowest BCUT2D eigenvalue weighted by molar-refractivity contribution is 0.00248. The molecular weight excluding hydrogens is 270 g/mol. The molecule has 1 fully saturated rings. The number of nitrogens with two attached hydrogens (primary N) is 1. The van der Waals surface area contributed by atoms with Crippen molar-refractivity contribution >= 4 is 0 Å². The van der Waals surface area contributed by atoms with Crippen molar-refractivity contribution in [2.75, 3.05) is 6.54 Å². The van der Waals surface area contributed by atoms with Crippen LogP contribution in [-0.2, 0) is 16.8 Å². The lowest BCUT2D eigenvalue weighted by Gasteiger charge is -2.40. The quantitative estimate of drug-likeness (QED) is 0.903. The van der Waals surface area contributed by atoms with Gasteiger partial charge in [0, 0.05) is 12.0 Å². The molecule has 2 nitrogen and oxygen atoms in total. The first-order chi connectivity index (χ1) is 10.8. The maximum absolute atomic E-state index is 6.14. The molecular formula is C20H25NO. The van der Waals surface area contributed by atoms with Crippen LogP contribution in [0.5, 0.6) is 0 Å². The number of hydrogen-bond acceptors (Lipinski definition) is 2. The topological polar surface area (TPSA) is 35.2 Å². The fraction of sp³-hybridized carbons (Fsp3) is 0.400. The van der Waals surface area contributed by atoms with Crippen molar-refractivity contribution in [3.8, 4) is 0 Å². The van der Waals surface area contributed by atoms with E-state index < -0.39 is 0 Å².